The van der Waals surface area contributed by atoms with Gasteiger partial charge in [-0.25, -0.2) is 0 Å². The standard InChI is InChI=1S/C14H16O3/c15-13(11-6-2-1-3-7-11)10-14(16)17-12-8-4-5-9-12/h1-3,6-7,12H,4-5,8-10H2. The molecule has 3 nitrogen and oxygen atoms in total. The molecule has 0 N–H and O–H groups in total. The molecule has 90 valence electrons. The summed E-state index contributed by atoms with van der Waals surface area (Å²) >= 11 is 0. The van der Waals surface area contributed by atoms with E-state index in [-0.39, 0.29) is 18.3 Å². The van der Waals surface area contributed by atoms with E-state index in [0.717, 1.165) is 25.7 Å². The van der Waals surface area contributed by atoms with Crippen molar-refractivity contribution in [1.82, 2.24) is 0 Å². The van der Waals surface area contributed by atoms with Crippen molar-refractivity contribution in [1.29, 1.82) is 0 Å². The van der Waals surface area contributed by atoms with E-state index in [1.165, 1.54) is 0 Å². The predicted octanol–water partition coefficient (Wildman–Crippen LogP) is 2.75. The third-order valence-corrected chi connectivity index (χ3v) is 3.00. The van der Waals surface area contributed by atoms with E-state index in [0.29, 0.717) is 5.56 Å². The summed E-state index contributed by atoms with van der Waals surface area (Å²) in [5, 5.41) is 0. The lowest BCUT2D eigenvalue weighted by molar-refractivity contribution is -0.147. The van der Waals surface area contributed by atoms with Crippen molar-refractivity contribution < 1.29 is 14.3 Å². The number of ketones is 1. The van der Waals surface area contributed by atoms with Crippen LogP contribution in [0.2, 0.25) is 0 Å². The van der Waals surface area contributed by atoms with Crippen LogP contribution in [0.4, 0.5) is 0 Å². The van der Waals surface area contributed by atoms with Gasteiger partial charge >= 0.3 is 5.97 Å². The second kappa shape index (κ2) is 5.62. The summed E-state index contributed by atoms with van der Waals surface area (Å²) in [5.41, 5.74) is 0.566. The average Bonchev–Trinajstić information content (AvgIpc) is 2.82. The van der Waals surface area contributed by atoms with E-state index in [2.05, 4.69) is 0 Å². The summed E-state index contributed by atoms with van der Waals surface area (Å²) < 4.78 is 5.24. The van der Waals surface area contributed by atoms with Crippen molar-refractivity contribution in [2.24, 2.45) is 0 Å². The third-order valence-electron chi connectivity index (χ3n) is 3.00. The van der Waals surface area contributed by atoms with Gasteiger partial charge in [0.05, 0.1) is 0 Å². The quantitative estimate of drug-likeness (QED) is 0.455. The Labute approximate surface area is 101 Å². The van der Waals surface area contributed by atoms with Gasteiger partial charge in [0, 0.05) is 5.56 Å². The normalized spacial score (nSPS) is 15.8. The van der Waals surface area contributed by atoms with E-state index in [1.807, 2.05) is 6.07 Å². The van der Waals surface area contributed by atoms with Gasteiger partial charge in [-0.15, -0.1) is 0 Å². The van der Waals surface area contributed by atoms with Crippen LogP contribution in [0.3, 0.4) is 0 Å². The minimum absolute atomic E-state index is 0.0334. The van der Waals surface area contributed by atoms with Crippen LogP contribution >= 0.6 is 0 Å². The zero-order valence-corrected chi connectivity index (χ0v) is 9.72. The maximum atomic E-state index is 11.7. The highest BCUT2D eigenvalue weighted by Crippen LogP contribution is 2.21. The van der Waals surface area contributed by atoms with E-state index in [4.69, 9.17) is 4.74 Å². The molecule has 0 unspecified atom stereocenters. The molecule has 0 heterocycles. The van der Waals surface area contributed by atoms with Crippen molar-refractivity contribution in [3.63, 3.8) is 0 Å². The van der Waals surface area contributed by atoms with Crippen LogP contribution in [-0.4, -0.2) is 17.9 Å². The predicted molar refractivity (Wildman–Crippen MR) is 63.7 cm³/mol. The molecule has 3 heteroatoms. The number of carbonyl (C=O) groups excluding carboxylic acids is 2. The minimum atomic E-state index is -0.397. The van der Waals surface area contributed by atoms with Gasteiger partial charge < -0.3 is 4.74 Å². The zero-order valence-electron chi connectivity index (χ0n) is 9.72. The van der Waals surface area contributed by atoms with Gasteiger partial charge in [-0.2, -0.15) is 0 Å². The fourth-order valence-electron chi connectivity index (χ4n) is 2.09. The van der Waals surface area contributed by atoms with Gasteiger partial charge in [0.2, 0.25) is 0 Å². The Bertz CT molecular complexity index is 391. The Kier molecular flexibility index (Phi) is 3.91. The van der Waals surface area contributed by atoms with Crippen LogP contribution in [0.15, 0.2) is 30.3 Å². The number of benzene rings is 1. The molecule has 1 aromatic rings. The Morgan fingerprint density at radius 1 is 1.12 bits per heavy atom. The molecule has 1 aliphatic rings. The first kappa shape index (κ1) is 11.8. The molecule has 0 amide bonds. The second-order valence-corrected chi connectivity index (χ2v) is 4.36. The molecular formula is C14H16O3. The van der Waals surface area contributed by atoms with Crippen molar-refractivity contribution in [3.8, 4) is 0 Å². The van der Waals surface area contributed by atoms with Crippen LogP contribution in [0, 0.1) is 0 Å². The van der Waals surface area contributed by atoms with Crippen LogP contribution in [0.5, 0.6) is 0 Å². The van der Waals surface area contributed by atoms with E-state index >= 15 is 0 Å². The molecule has 1 aromatic carbocycles. The lowest BCUT2D eigenvalue weighted by Crippen LogP contribution is -2.17. The molecule has 17 heavy (non-hydrogen) atoms. The zero-order chi connectivity index (χ0) is 12.1. The molecule has 0 aliphatic heterocycles. The molecule has 0 radical (unpaired) electrons. The molecule has 0 bridgehead atoms. The van der Waals surface area contributed by atoms with Crippen LogP contribution < -0.4 is 0 Å². The van der Waals surface area contributed by atoms with Crippen molar-refractivity contribution in [2.75, 3.05) is 0 Å². The molecule has 1 saturated carbocycles. The SMILES string of the molecule is O=C(CC(=O)c1ccccc1)OC1CCCC1. The maximum Gasteiger partial charge on any atom is 0.313 e. The Hall–Kier alpha value is -1.64. The first-order valence-electron chi connectivity index (χ1n) is 6.03. The Morgan fingerprint density at radius 3 is 2.41 bits per heavy atom. The summed E-state index contributed by atoms with van der Waals surface area (Å²) in [6, 6.07) is 8.84. The number of rotatable bonds is 4. The van der Waals surface area contributed by atoms with Crippen molar-refractivity contribution in [2.45, 2.75) is 38.2 Å². The van der Waals surface area contributed by atoms with E-state index in [1.54, 1.807) is 24.3 Å². The largest absolute Gasteiger partial charge is 0.462 e. The van der Waals surface area contributed by atoms with Crippen molar-refractivity contribution >= 4 is 11.8 Å². The van der Waals surface area contributed by atoms with Gasteiger partial charge in [0.25, 0.3) is 0 Å². The second-order valence-electron chi connectivity index (χ2n) is 4.36. The highest BCUT2D eigenvalue weighted by molar-refractivity contribution is 6.05. The fourth-order valence-corrected chi connectivity index (χ4v) is 2.09. The fraction of sp³-hybridized carbons (Fsp3) is 0.429. The smallest absolute Gasteiger partial charge is 0.313 e. The van der Waals surface area contributed by atoms with E-state index in [9.17, 15) is 9.59 Å². The maximum absolute atomic E-state index is 11.7. The molecule has 0 atom stereocenters. The topological polar surface area (TPSA) is 43.4 Å². The van der Waals surface area contributed by atoms with Gasteiger partial charge in [-0.3, -0.25) is 9.59 Å². The molecule has 1 fully saturated rings. The van der Waals surface area contributed by atoms with Gasteiger partial charge in [-0.1, -0.05) is 30.3 Å². The number of hydrogen-bond donors (Lipinski definition) is 0. The molecule has 0 spiro atoms. The average molecular weight is 232 g/mol. The summed E-state index contributed by atoms with van der Waals surface area (Å²) in [7, 11) is 0. The van der Waals surface area contributed by atoms with Crippen LogP contribution in [0.1, 0.15) is 42.5 Å². The van der Waals surface area contributed by atoms with Gasteiger partial charge in [-0.05, 0) is 25.7 Å². The van der Waals surface area contributed by atoms with Gasteiger partial charge in [0.15, 0.2) is 5.78 Å². The number of esters is 1. The van der Waals surface area contributed by atoms with Crippen molar-refractivity contribution in [3.05, 3.63) is 35.9 Å². The first-order chi connectivity index (χ1) is 8.25. The summed E-state index contributed by atoms with van der Waals surface area (Å²) in [6.07, 6.45) is 3.98. The summed E-state index contributed by atoms with van der Waals surface area (Å²) in [5.74, 6) is -0.570. The van der Waals surface area contributed by atoms with Crippen LogP contribution in [-0.2, 0) is 9.53 Å². The summed E-state index contributed by atoms with van der Waals surface area (Å²) in [4.78, 5) is 23.3. The van der Waals surface area contributed by atoms with E-state index < -0.39 is 5.97 Å². The summed E-state index contributed by atoms with van der Waals surface area (Å²) in [6.45, 7) is 0. The number of hydrogen-bond acceptors (Lipinski definition) is 3. The molecule has 0 aromatic heterocycles. The Morgan fingerprint density at radius 2 is 1.76 bits per heavy atom. The highest BCUT2D eigenvalue weighted by atomic mass is 16.5. The molecule has 2 rings (SSSR count). The third kappa shape index (κ3) is 3.41. The minimum Gasteiger partial charge on any atom is -0.462 e. The first-order valence-corrected chi connectivity index (χ1v) is 6.03. The molecular weight excluding hydrogens is 216 g/mol. The lowest BCUT2D eigenvalue weighted by atomic mass is 10.1. The number of ether oxygens (including phenoxy) is 1. The highest BCUT2D eigenvalue weighted by Gasteiger charge is 2.21. The molecule has 0 saturated heterocycles. The van der Waals surface area contributed by atoms with Crippen LogP contribution in [0.25, 0.3) is 0 Å². The lowest BCUT2D eigenvalue weighted by Gasteiger charge is -2.10. The Balaban J connectivity index is 1.84. The van der Waals surface area contributed by atoms with Gasteiger partial charge in [0.1, 0.15) is 12.5 Å². The monoisotopic (exact) mass is 232 g/mol. The molecule has 1 aliphatic carbocycles. The number of Topliss-reactive ketones (excluding diaryl/α,β-unsaturated/α-hetero) is 1. The number of carbonyl (C=O) groups is 2.